The molecule has 0 spiro atoms. The Bertz CT molecular complexity index is 1040. The minimum Gasteiger partial charge on any atom is -0.492 e. The Morgan fingerprint density at radius 2 is 1.93 bits per heavy atom. The highest BCUT2D eigenvalue weighted by Crippen LogP contribution is 2.37. The number of rotatable bonds is 7. The number of imide groups is 1. The van der Waals surface area contributed by atoms with Crippen LogP contribution in [0.5, 0.6) is 11.5 Å². The highest BCUT2D eigenvalue weighted by atomic mass is 127. The van der Waals surface area contributed by atoms with Crippen molar-refractivity contribution in [1.82, 2.24) is 4.90 Å². The van der Waals surface area contributed by atoms with Crippen LogP contribution >= 0.6 is 34.4 Å². The summed E-state index contributed by atoms with van der Waals surface area (Å²) < 4.78 is 11.8. The van der Waals surface area contributed by atoms with E-state index >= 15 is 0 Å². The molecular weight excluding hydrogens is 523 g/mol. The standard InChI is InChI=1S/C20H17IN2O6S/c1-3-29-16-9-13(8-15(21)18(16)28-2)10-17-19(24)22(20(25)30-17)11-12-4-6-14(7-5-12)23(26)27/h4-10H,3,11H2,1-2H3/b17-10+. The number of methoxy groups -OCH3 is 1. The van der Waals surface area contributed by atoms with Crippen LogP contribution < -0.4 is 9.47 Å². The number of amides is 2. The minimum absolute atomic E-state index is 0.0460. The van der Waals surface area contributed by atoms with Gasteiger partial charge in [-0.15, -0.1) is 0 Å². The van der Waals surface area contributed by atoms with Crippen molar-refractivity contribution in [3.05, 3.63) is 66.1 Å². The number of hydrogen-bond acceptors (Lipinski definition) is 7. The molecule has 1 aliphatic heterocycles. The fourth-order valence-electron chi connectivity index (χ4n) is 2.83. The molecular formula is C20H17IN2O6S. The van der Waals surface area contributed by atoms with Crippen LogP contribution in [-0.2, 0) is 11.3 Å². The normalized spacial score (nSPS) is 15.0. The van der Waals surface area contributed by atoms with Crippen molar-refractivity contribution >= 4 is 57.3 Å². The van der Waals surface area contributed by atoms with Crippen LogP contribution in [0.2, 0.25) is 0 Å². The molecule has 1 heterocycles. The number of halogens is 1. The van der Waals surface area contributed by atoms with Crippen LogP contribution in [0.4, 0.5) is 10.5 Å². The van der Waals surface area contributed by atoms with Gasteiger partial charge < -0.3 is 9.47 Å². The highest BCUT2D eigenvalue weighted by molar-refractivity contribution is 14.1. The summed E-state index contributed by atoms with van der Waals surface area (Å²) >= 11 is 2.98. The third-order valence-electron chi connectivity index (χ3n) is 4.20. The molecule has 2 aromatic rings. The molecule has 1 fully saturated rings. The number of benzene rings is 2. The van der Waals surface area contributed by atoms with Gasteiger partial charge in [-0.1, -0.05) is 12.1 Å². The van der Waals surface area contributed by atoms with Gasteiger partial charge in [0.2, 0.25) is 0 Å². The number of non-ortho nitro benzene ring substituents is 1. The molecule has 1 saturated heterocycles. The Morgan fingerprint density at radius 3 is 2.53 bits per heavy atom. The molecule has 0 bridgehead atoms. The second kappa shape index (κ2) is 9.47. The zero-order valence-corrected chi connectivity index (χ0v) is 19.1. The first-order valence-electron chi connectivity index (χ1n) is 8.83. The van der Waals surface area contributed by atoms with E-state index in [2.05, 4.69) is 22.6 Å². The molecule has 0 atom stereocenters. The Kier molecular flexibility index (Phi) is 6.98. The van der Waals surface area contributed by atoms with Crippen LogP contribution in [-0.4, -0.2) is 34.7 Å². The Hall–Kier alpha value is -2.60. The SMILES string of the molecule is CCOc1cc(/C=C2/SC(=O)N(Cc3ccc([N+](=O)[O-])cc3)C2=O)cc(I)c1OC. The Balaban J connectivity index is 1.83. The number of thioether (sulfide) groups is 1. The maximum atomic E-state index is 12.8. The zero-order chi connectivity index (χ0) is 21.8. The van der Waals surface area contributed by atoms with E-state index in [1.807, 2.05) is 13.0 Å². The van der Waals surface area contributed by atoms with Gasteiger partial charge in [0.25, 0.3) is 16.8 Å². The largest absolute Gasteiger partial charge is 0.492 e. The fourth-order valence-corrected chi connectivity index (χ4v) is 4.51. The maximum Gasteiger partial charge on any atom is 0.293 e. The molecule has 10 heteroatoms. The van der Waals surface area contributed by atoms with Crippen molar-refractivity contribution in [2.75, 3.05) is 13.7 Å². The summed E-state index contributed by atoms with van der Waals surface area (Å²) in [5.74, 6) is 0.760. The van der Waals surface area contributed by atoms with Gasteiger partial charge in [0.1, 0.15) is 0 Å². The van der Waals surface area contributed by atoms with Crippen molar-refractivity contribution in [2.24, 2.45) is 0 Å². The fraction of sp³-hybridized carbons (Fsp3) is 0.200. The molecule has 0 saturated carbocycles. The summed E-state index contributed by atoms with van der Waals surface area (Å²) in [4.78, 5) is 36.8. The first-order chi connectivity index (χ1) is 14.3. The lowest BCUT2D eigenvalue weighted by molar-refractivity contribution is -0.384. The number of nitrogens with zero attached hydrogens (tertiary/aromatic N) is 2. The van der Waals surface area contributed by atoms with Crippen LogP contribution in [0.15, 0.2) is 41.3 Å². The monoisotopic (exact) mass is 540 g/mol. The van der Waals surface area contributed by atoms with E-state index in [0.29, 0.717) is 34.1 Å². The van der Waals surface area contributed by atoms with Gasteiger partial charge >= 0.3 is 0 Å². The summed E-state index contributed by atoms with van der Waals surface area (Å²) in [7, 11) is 1.56. The van der Waals surface area contributed by atoms with Crippen molar-refractivity contribution in [2.45, 2.75) is 13.5 Å². The van der Waals surface area contributed by atoms with E-state index in [9.17, 15) is 19.7 Å². The number of carbonyl (C=O) groups is 2. The minimum atomic E-state index is -0.501. The predicted molar refractivity (Wildman–Crippen MR) is 121 cm³/mol. The summed E-state index contributed by atoms with van der Waals surface area (Å²) in [5.41, 5.74) is 1.29. The smallest absolute Gasteiger partial charge is 0.293 e. The Labute approximate surface area is 190 Å². The maximum absolute atomic E-state index is 12.8. The van der Waals surface area contributed by atoms with Gasteiger partial charge in [-0.3, -0.25) is 24.6 Å². The van der Waals surface area contributed by atoms with E-state index in [1.54, 1.807) is 19.3 Å². The first-order valence-corrected chi connectivity index (χ1v) is 10.7. The second-order valence-corrected chi connectivity index (χ2v) is 8.31. The average Bonchev–Trinajstić information content (AvgIpc) is 2.96. The van der Waals surface area contributed by atoms with Crippen molar-refractivity contribution < 1.29 is 24.0 Å². The molecule has 2 amide bonds. The molecule has 8 nitrogen and oxygen atoms in total. The summed E-state index contributed by atoms with van der Waals surface area (Å²) in [6.07, 6.45) is 1.64. The number of carbonyl (C=O) groups excluding carboxylic acids is 2. The van der Waals surface area contributed by atoms with Gasteiger partial charge in [-0.25, -0.2) is 0 Å². The average molecular weight is 540 g/mol. The molecule has 156 valence electrons. The molecule has 2 aromatic carbocycles. The van der Waals surface area contributed by atoms with Crippen molar-refractivity contribution in [3.63, 3.8) is 0 Å². The van der Waals surface area contributed by atoms with Gasteiger partial charge in [-0.2, -0.15) is 0 Å². The van der Waals surface area contributed by atoms with Gasteiger partial charge in [0.15, 0.2) is 11.5 Å². The zero-order valence-electron chi connectivity index (χ0n) is 16.1. The van der Waals surface area contributed by atoms with Gasteiger partial charge in [0, 0.05) is 12.1 Å². The van der Waals surface area contributed by atoms with Gasteiger partial charge in [-0.05, 0) is 70.6 Å². The lowest BCUT2D eigenvalue weighted by Gasteiger charge is -2.13. The van der Waals surface area contributed by atoms with E-state index in [-0.39, 0.29) is 12.2 Å². The van der Waals surface area contributed by atoms with E-state index in [4.69, 9.17) is 9.47 Å². The van der Waals surface area contributed by atoms with Crippen LogP contribution in [0.25, 0.3) is 6.08 Å². The molecule has 0 unspecified atom stereocenters. The quantitative estimate of drug-likeness (QED) is 0.215. The predicted octanol–water partition coefficient (Wildman–Crippen LogP) is 4.84. The topological polar surface area (TPSA) is 99.0 Å². The number of nitro benzene ring substituents is 1. The molecule has 3 rings (SSSR count). The van der Waals surface area contributed by atoms with E-state index in [1.165, 1.54) is 24.3 Å². The number of ether oxygens (including phenoxy) is 2. The van der Waals surface area contributed by atoms with Gasteiger partial charge in [0.05, 0.1) is 33.7 Å². The van der Waals surface area contributed by atoms with Crippen LogP contribution in [0.3, 0.4) is 0 Å². The second-order valence-electron chi connectivity index (χ2n) is 6.16. The van der Waals surface area contributed by atoms with E-state index < -0.39 is 16.1 Å². The van der Waals surface area contributed by atoms with E-state index in [0.717, 1.165) is 20.2 Å². The first kappa shape index (κ1) is 22.1. The molecule has 0 N–H and O–H groups in total. The van der Waals surface area contributed by atoms with Crippen LogP contribution in [0.1, 0.15) is 18.1 Å². The molecule has 0 aliphatic carbocycles. The summed E-state index contributed by atoms with van der Waals surface area (Å²) in [5, 5.41) is 10.4. The van der Waals surface area contributed by atoms with Crippen LogP contribution in [0, 0.1) is 13.7 Å². The molecule has 1 aliphatic rings. The Morgan fingerprint density at radius 1 is 1.23 bits per heavy atom. The number of nitro groups is 1. The third kappa shape index (κ3) is 4.75. The molecule has 30 heavy (non-hydrogen) atoms. The summed E-state index contributed by atoms with van der Waals surface area (Å²) in [6.45, 7) is 2.37. The third-order valence-corrected chi connectivity index (χ3v) is 5.90. The number of hydrogen-bond donors (Lipinski definition) is 0. The lowest BCUT2D eigenvalue weighted by atomic mass is 10.1. The molecule has 0 aromatic heterocycles. The van der Waals surface area contributed by atoms with Crippen molar-refractivity contribution in [1.29, 1.82) is 0 Å². The lowest BCUT2D eigenvalue weighted by Crippen LogP contribution is -2.27. The van der Waals surface area contributed by atoms with Crippen molar-refractivity contribution in [3.8, 4) is 11.5 Å². The summed E-state index contributed by atoms with van der Waals surface area (Å²) in [6, 6.07) is 9.36. The highest BCUT2D eigenvalue weighted by Gasteiger charge is 2.35. The molecule has 0 radical (unpaired) electrons.